The Labute approximate surface area is 167 Å². The van der Waals surface area contributed by atoms with Crippen LogP contribution in [0.5, 0.6) is 5.75 Å². The summed E-state index contributed by atoms with van der Waals surface area (Å²) in [6.07, 6.45) is 5.24. The van der Waals surface area contributed by atoms with Gasteiger partial charge in [-0.15, -0.1) is 0 Å². The first-order valence-electron chi connectivity index (χ1n) is 8.97. The number of amides is 1. The minimum absolute atomic E-state index is 0.0602. The molecule has 0 spiro atoms. The molecule has 0 unspecified atom stereocenters. The van der Waals surface area contributed by atoms with Gasteiger partial charge in [-0.05, 0) is 22.8 Å². The van der Waals surface area contributed by atoms with Gasteiger partial charge in [-0.3, -0.25) is 0 Å². The number of nitrogens with zero attached hydrogens (tertiary/aromatic N) is 2. The maximum Gasteiger partial charge on any atom is 0.430 e. The summed E-state index contributed by atoms with van der Waals surface area (Å²) in [7, 11) is 0. The molecule has 3 rings (SSSR count). The molecule has 6 heteroatoms. The van der Waals surface area contributed by atoms with Crippen LogP contribution in [0.1, 0.15) is 19.4 Å². The number of carbonyl (C=O) groups is 1. The van der Waals surface area contributed by atoms with Crippen molar-refractivity contribution >= 4 is 39.0 Å². The van der Waals surface area contributed by atoms with Gasteiger partial charge in [0.15, 0.2) is 0 Å². The molecule has 1 heterocycles. The Bertz CT molecular complexity index is 864. The average molecular weight is 431 g/mol. The highest BCUT2D eigenvalue weighted by atomic mass is 79.9. The average Bonchev–Trinajstić information content (AvgIpc) is 3.04. The Kier molecular flexibility index (Phi) is 6.50. The lowest BCUT2D eigenvalue weighted by Gasteiger charge is -2.19. The zero-order valence-electron chi connectivity index (χ0n) is 15.5. The lowest BCUT2D eigenvalue weighted by atomic mass is 10.0. The van der Waals surface area contributed by atoms with Gasteiger partial charge in [-0.1, -0.05) is 72.3 Å². The SMILES string of the molecule is CC(C)[C@@H]1COC(=O)N1/N=C/c1c(OC/C=C/CBr)ccc2ccccc12. The Morgan fingerprint density at radius 2 is 2.11 bits per heavy atom. The van der Waals surface area contributed by atoms with Crippen LogP contribution in [0.3, 0.4) is 0 Å². The minimum Gasteiger partial charge on any atom is -0.489 e. The predicted molar refractivity (Wildman–Crippen MR) is 112 cm³/mol. The van der Waals surface area contributed by atoms with Gasteiger partial charge in [0.2, 0.25) is 0 Å². The number of hydrogen-bond donors (Lipinski definition) is 0. The van der Waals surface area contributed by atoms with Gasteiger partial charge in [0, 0.05) is 10.9 Å². The summed E-state index contributed by atoms with van der Waals surface area (Å²) < 4.78 is 11.1. The van der Waals surface area contributed by atoms with Crippen molar-refractivity contribution in [3.63, 3.8) is 0 Å². The molecule has 0 N–H and O–H groups in total. The lowest BCUT2D eigenvalue weighted by molar-refractivity contribution is 0.158. The number of benzene rings is 2. The first-order chi connectivity index (χ1) is 13.1. The maximum absolute atomic E-state index is 12.0. The Morgan fingerprint density at radius 1 is 1.30 bits per heavy atom. The molecule has 0 radical (unpaired) electrons. The van der Waals surface area contributed by atoms with Crippen molar-refractivity contribution in [3.8, 4) is 5.75 Å². The fraction of sp³-hybridized carbons (Fsp3) is 0.333. The molecule has 1 amide bonds. The summed E-state index contributed by atoms with van der Waals surface area (Å²) in [5, 5.41) is 8.79. The molecule has 0 saturated carbocycles. The molecule has 142 valence electrons. The summed E-state index contributed by atoms with van der Waals surface area (Å²) in [4.78, 5) is 12.0. The second-order valence-corrected chi connectivity index (χ2v) is 7.26. The summed E-state index contributed by atoms with van der Waals surface area (Å²) >= 11 is 3.36. The molecule has 5 nitrogen and oxygen atoms in total. The number of allylic oxidation sites excluding steroid dienone is 1. The van der Waals surface area contributed by atoms with E-state index in [1.807, 2.05) is 48.6 Å². The number of ether oxygens (including phenoxy) is 2. The van der Waals surface area contributed by atoms with E-state index >= 15 is 0 Å². The molecule has 2 aromatic rings. The van der Waals surface area contributed by atoms with Gasteiger partial charge < -0.3 is 9.47 Å². The van der Waals surface area contributed by atoms with Crippen LogP contribution in [-0.4, -0.2) is 41.9 Å². The molecule has 2 aromatic carbocycles. The summed E-state index contributed by atoms with van der Waals surface area (Å²) in [5.74, 6) is 0.983. The molecule has 0 aromatic heterocycles. The number of carbonyl (C=O) groups excluding carboxylic acids is 1. The number of cyclic esters (lactones) is 1. The van der Waals surface area contributed by atoms with Crippen molar-refractivity contribution in [2.75, 3.05) is 18.5 Å². The summed E-state index contributed by atoms with van der Waals surface area (Å²) in [5.41, 5.74) is 0.850. The molecule has 0 bridgehead atoms. The third-order valence-electron chi connectivity index (χ3n) is 4.48. The van der Waals surface area contributed by atoms with Crippen molar-refractivity contribution < 1.29 is 14.3 Å². The lowest BCUT2D eigenvalue weighted by Crippen LogP contribution is -2.33. The monoisotopic (exact) mass is 430 g/mol. The number of alkyl halides is 1. The minimum atomic E-state index is -0.409. The highest BCUT2D eigenvalue weighted by molar-refractivity contribution is 9.09. The van der Waals surface area contributed by atoms with Crippen LogP contribution in [0.25, 0.3) is 10.8 Å². The molecule has 0 aliphatic carbocycles. The fourth-order valence-corrected chi connectivity index (χ4v) is 3.22. The number of rotatable bonds is 7. The normalized spacial score (nSPS) is 17.6. The van der Waals surface area contributed by atoms with Crippen LogP contribution in [0, 0.1) is 5.92 Å². The number of fused-ring (bicyclic) bond motifs is 1. The van der Waals surface area contributed by atoms with Crippen LogP contribution in [0.4, 0.5) is 4.79 Å². The van der Waals surface area contributed by atoms with E-state index in [1.54, 1.807) is 6.21 Å². The number of hydrazone groups is 1. The van der Waals surface area contributed by atoms with Gasteiger partial charge in [0.05, 0.1) is 12.3 Å². The van der Waals surface area contributed by atoms with E-state index < -0.39 is 6.09 Å². The van der Waals surface area contributed by atoms with Crippen LogP contribution < -0.4 is 4.74 Å². The number of halogens is 1. The van der Waals surface area contributed by atoms with E-state index in [1.165, 1.54) is 5.01 Å². The molecular weight excluding hydrogens is 408 g/mol. The first kappa shape index (κ1) is 19.4. The van der Waals surface area contributed by atoms with Crippen LogP contribution in [-0.2, 0) is 4.74 Å². The van der Waals surface area contributed by atoms with Gasteiger partial charge >= 0.3 is 6.09 Å². The van der Waals surface area contributed by atoms with E-state index in [4.69, 9.17) is 9.47 Å². The van der Waals surface area contributed by atoms with Crippen LogP contribution in [0.15, 0.2) is 53.7 Å². The van der Waals surface area contributed by atoms with Gasteiger partial charge in [-0.25, -0.2) is 4.79 Å². The van der Waals surface area contributed by atoms with Gasteiger partial charge in [0.1, 0.15) is 19.0 Å². The third kappa shape index (κ3) is 4.50. The topological polar surface area (TPSA) is 51.1 Å². The van der Waals surface area contributed by atoms with Crippen molar-refractivity contribution in [3.05, 3.63) is 54.1 Å². The van der Waals surface area contributed by atoms with Gasteiger partial charge in [0.25, 0.3) is 0 Å². The van der Waals surface area contributed by atoms with E-state index in [-0.39, 0.29) is 12.0 Å². The van der Waals surface area contributed by atoms with Crippen LogP contribution >= 0.6 is 15.9 Å². The predicted octanol–water partition coefficient (Wildman–Crippen LogP) is 4.98. The second kappa shape index (κ2) is 9.04. The van der Waals surface area contributed by atoms with E-state index in [9.17, 15) is 4.79 Å². The van der Waals surface area contributed by atoms with Crippen molar-refractivity contribution in [1.29, 1.82) is 0 Å². The van der Waals surface area contributed by atoms with E-state index in [2.05, 4.69) is 34.9 Å². The standard InChI is InChI=1S/C21H23BrN2O3/c1-15(2)19-14-27-21(25)24(19)23-13-18-17-8-4-3-7-16(17)9-10-20(18)26-12-6-5-11-22/h3-10,13,15,19H,11-12,14H2,1-2H3/b6-5+,23-13+/t19-/m0/s1. The highest BCUT2D eigenvalue weighted by Crippen LogP contribution is 2.28. The molecular formula is C21H23BrN2O3. The molecule has 1 aliphatic rings. The Morgan fingerprint density at radius 3 is 2.89 bits per heavy atom. The molecule has 1 saturated heterocycles. The zero-order chi connectivity index (χ0) is 19.2. The molecule has 27 heavy (non-hydrogen) atoms. The van der Waals surface area contributed by atoms with Crippen molar-refractivity contribution in [2.45, 2.75) is 19.9 Å². The highest BCUT2D eigenvalue weighted by Gasteiger charge is 2.35. The summed E-state index contributed by atoms with van der Waals surface area (Å²) in [6, 6.07) is 12.0. The quantitative estimate of drug-likeness (QED) is 0.353. The smallest absolute Gasteiger partial charge is 0.430 e. The van der Waals surface area contributed by atoms with Crippen LogP contribution in [0.2, 0.25) is 0 Å². The maximum atomic E-state index is 12.0. The van der Waals surface area contributed by atoms with E-state index in [0.717, 1.165) is 27.4 Å². The largest absolute Gasteiger partial charge is 0.489 e. The number of hydrogen-bond acceptors (Lipinski definition) is 4. The second-order valence-electron chi connectivity index (χ2n) is 6.61. The van der Waals surface area contributed by atoms with E-state index in [0.29, 0.717) is 13.2 Å². The summed E-state index contributed by atoms with van der Waals surface area (Å²) in [6.45, 7) is 4.94. The Balaban J connectivity index is 1.95. The fourth-order valence-electron chi connectivity index (χ4n) is 2.96. The molecule has 1 aliphatic heterocycles. The molecule has 1 fully saturated rings. The Hall–Kier alpha value is -2.34. The zero-order valence-corrected chi connectivity index (χ0v) is 17.1. The van der Waals surface area contributed by atoms with Crippen molar-refractivity contribution in [2.24, 2.45) is 11.0 Å². The molecule has 1 atom stereocenters. The third-order valence-corrected chi connectivity index (χ3v) is 4.85. The first-order valence-corrected chi connectivity index (χ1v) is 10.1. The van der Waals surface area contributed by atoms with Gasteiger partial charge in [-0.2, -0.15) is 10.1 Å². The van der Waals surface area contributed by atoms with Crippen molar-refractivity contribution in [1.82, 2.24) is 5.01 Å².